The molecule has 1 saturated heterocycles. The smallest absolute Gasteiger partial charge is 0.417 e. The van der Waals surface area contributed by atoms with Gasteiger partial charge in [-0.1, -0.05) is 13.0 Å². The summed E-state index contributed by atoms with van der Waals surface area (Å²) in [6, 6.07) is 6.28. The van der Waals surface area contributed by atoms with E-state index in [0.717, 1.165) is 13.0 Å². The number of rotatable bonds is 8. The lowest BCUT2D eigenvalue weighted by Crippen LogP contribution is -2.47. The van der Waals surface area contributed by atoms with Gasteiger partial charge in [0.05, 0.1) is 6.61 Å². The summed E-state index contributed by atoms with van der Waals surface area (Å²) in [5.74, 6) is -5.01. The number of carbonyl (C=O) groups is 2. The first-order chi connectivity index (χ1) is 16.4. The van der Waals surface area contributed by atoms with E-state index in [0.29, 0.717) is 13.0 Å². The summed E-state index contributed by atoms with van der Waals surface area (Å²) in [7, 11) is 0. The van der Waals surface area contributed by atoms with Crippen LogP contribution in [0.5, 0.6) is 5.75 Å². The number of hydrogen-bond donors (Lipinski definition) is 3. The first kappa shape index (κ1) is 26.4. The average molecular weight is 498 g/mol. The first-order valence-electron chi connectivity index (χ1n) is 10.8. The Morgan fingerprint density at radius 3 is 2.57 bits per heavy atom. The number of carbonyl (C=O) groups excluding carboxylic acids is 2. The van der Waals surface area contributed by atoms with Crippen molar-refractivity contribution < 1.29 is 36.6 Å². The summed E-state index contributed by atoms with van der Waals surface area (Å²) in [4.78, 5) is 28.2. The van der Waals surface area contributed by atoms with Gasteiger partial charge in [-0.3, -0.25) is 14.6 Å². The van der Waals surface area contributed by atoms with Crippen LogP contribution >= 0.6 is 0 Å². The van der Waals surface area contributed by atoms with Gasteiger partial charge in [0.1, 0.15) is 11.8 Å². The van der Waals surface area contributed by atoms with Crippen molar-refractivity contribution >= 4 is 17.5 Å². The van der Waals surface area contributed by atoms with Crippen molar-refractivity contribution in [2.24, 2.45) is 17.4 Å². The highest BCUT2D eigenvalue weighted by Gasteiger charge is 2.65. The van der Waals surface area contributed by atoms with E-state index in [2.05, 4.69) is 10.3 Å². The number of amides is 2. The lowest BCUT2D eigenvalue weighted by atomic mass is 9.77. The zero-order valence-electron chi connectivity index (χ0n) is 19.1. The second kappa shape index (κ2) is 10.2. The lowest BCUT2D eigenvalue weighted by Gasteiger charge is -2.31. The van der Waals surface area contributed by atoms with E-state index < -0.39 is 47.3 Å². The summed E-state index contributed by atoms with van der Waals surface area (Å²) in [5.41, 5.74) is 7.98. The van der Waals surface area contributed by atoms with E-state index in [1.54, 1.807) is 0 Å². The predicted octanol–water partition coefficient (Wildman–Crippen LogP) is 3.13. The average Bonchev–Trinajstić information content (AvgIpc) is 3.07. The van der Waals surface area contributed by atoms with Crippen molar-refractivity contribution in [3.8, 4) is 5.75 Å². The Balaban J connectivity index is 1.95. The Kier molecular flexibility index (Phi) is 7.65. The Labute approximate surface area is 199 Å². The maximum Gasteiger partial charge on any atom is 0.417 e. The molecule has 190 valence electrons. The molecule has 1 fully saturated rings. The van der Waals surface area contributed by atoms with E-state index >= 15 is 0 Å². The Hall–Kier alpha value is -3.25. The molecule has 0 bridgehead atoms. The standard InChI is InChI=1S/C23H26F4N4O4/c1-12-18(13-4-5-17(15(24)10-13)34-9-3-7-28)19(35-22(12,2)23(25,26)27)21(33)31-14-6-8-30-16(11-14)20(29)32/h4-6,8,10-12,18-19H,3,7,9,28H2,1-2H3,(H2,29,32)(H,30,31,33)/t12-,18-,19+,22+/m0/s1. The molecule has 2 amide bonds. The van der Waals surface area contributed by atoms with Crippen LogP contribution in [0.15, 0.2) is 36.5 Å². The maximum absolute atomic E-state index is 14.7. The van der Waals surface area contributed by atoms with Crippen LogP contribution in [0, 0.1) is 11.7 Å². The first-order valence-corrected chi connectivity index (χ1v) is 10.8. The van der Waals surface area contributed by atoms with Crippen molar-refractivity contribution in [1.82, 2.24) is 4.98 Å². The van der Waals surface area contributed by atoms with E-state index in [9.17, 15) is 27.2 Å². The van der Waals surface area contributed by atoms with Crippen LogP contribution < -0.4 is 21.5 Å². The van der Waals surface area contributed by atoms with Crippen LogP contribution in [-0.4, -0.2) is 47.8 Å². The summed E-state index contributed by atoms with van der Waals surface area (Å²) >= 11 is 0. The molecule has 35 heavy (non-hydrogen) atoms. The minimum Gasteiger partial charge on any atom is -0.490 e. The SMILES string of the molecule is C[C@H]1[C@@H](c2ccc(OCCCN)c(F)c2)[C@H](C(=O)Nc2ccnc(C(N)=O)c2)O[C@@]1(C)C(F)(F)F. The molecule has 1 aliphatic heterocycles. The molecule has 0 unspecified atom stereocenters. The van der Waals surface area contributed by atoms with Gasteiger partial charge in [0.15, 0.2) is 17.2 Å². The van der Waals surface area contributed by atoms with Gasteiger partial charge in [-0.15, -0.1) is 0 Å². The minimum atomic E-state index is -4.81. The molecule has 4 atom stereocenters. The number of anilines is 1. The highest BCUT2D eigenvalue weighted by atomic mass is 19.4. The second-order valence-corrected chi connectivity index (χ2v) is 8.42. The zero-order valence-corrected chi connectivity index (χ0v) is 19.1. The van der Waals surface area contributed by atoms with Gasteiger partial charge in [-0.05, 0) is 49.7 Å². The molecule has 3 rings (SSSR count). The molecule has 1 aromatic carbocycles. The lowest BCUT2D eigenvalue weighted by molar-refractivity contribution is -0.272. The summed E-state index contributed by atoms with van der Waals surface area (Å²) in [6.07, 6.45) is -4.72. The minimum absolute atomic E-state index is 0.0795. The van der Waals surface area contributed by atoms with Crippen LogP contribution in [0.3, 0.4) is 0 Å². The van der Waals surface area contributed by atoms with Crippen molar-refractivity contribution in [3.05, 3.63) is 53.6 Å². The van der Waals surface area contributed by atoms with E-state index in [1.165, 1.54) is 37.4 Å². The predicted molar refractivity (Wildman–Crippen MR) is 118 cm³/mol. The topological polar surface area (TPSA) is 130 Å². The third-order valence-electron chi connectivity index (χ3n) is 6.15. The largest absolute Gasteiger partial charge is 0.490 e. The van der Waals surface area contributed by atoms with E-state index in [1.807, 2.05) is 0 Å². The fourth-order valence-corrected chi connectivity index (χ4v) is 4.02. The maximum atomic E-state index is 14.7. The van der Waals surface area contributed by atoms with Crippen molar-refractivity contribution in [2.75, 3.05) is 18.5 Å². The highest BCUT2D eigenvalue weighted by molar-refractivity contribution is 5.97. The van der Waals surface area contributed by atoms with Gasteiger partial charge in [0.2, 0.25) is 0 Å². The Bertz CT molecular complexity index is 1100. The van der Waals surface area contributed by atoms with Crippen LogP contribution in [0.1, 0.15) is 42.2 Å². The van der Waals surface area contributed by atoms with Crippen LogP contribution in [0.25, 0.3) is 0 Å². The fourth-order valence-electron chi connectivity index (χ4n) is 4.02. The van der Waals surface area contributed by atoms with Gasteiger partial charge in [0, 0.05) is 23.7 Å². The molecule has 2 aromatic rings. The van der Waals surface area contributed by atoms with Crippen molar-refractivity contribution in [3.63, 3.8) is 0 Å². The molecule has 1 aliphatic rings. The molecule has 0 aliphatic carbocycles. The zero-order chi connectivity index (χ0) is 26.0. The quantitative estimate of drug-likeness (QED) is 0.379. The summed E-state index contributed by atoms with van der Waals surface area (Å²) in [5, 5.41) is 2.44. The molecule has 2 heterocycles. The molecule has 0 spiro atoms. The van der Waals surface area contributed by atoms with Gasteiger partial charge < -0.3 is 26.3 Å². The molecular weight excluding hydrogens is 472 g/mol. The fraction of sp³-hybridized carbons (Fsp3) is 0.435. The number of nitrogens with two attached hydrogens (primary N) is 2. The Morgan fingerprint density at radius 2 is 1.97 bits per heavy atom. The summed E-state index contributed by atoms with van der Waals surface area (Å²) < 4.78 is 67.3. The highest BCUT2D eigenvalue weighted by Crippen LogP contribution is 2.53. The number of primary amides is 1. The molecule has 0 radical (unpaired) electrons. The molecule has 5 N–H and O–H groups in total. The molecular formula is C23H26F4N4O4. The van der Waals surface area contributed by atoms with Crippen molar-refractivity contribution in [1.29, 1.82) is 0 Å². The normalized spacial score (nSPS) is 24.3. The number of aromatic nitrogens is 1. The second-order valence-electron chi connectivity index (χ2n) is 8.42. The number of nitrogens with one attached hydrogen (secondary N) is 1. The Morgan fingerprint density at radius 1 is 1.26 bits per heavy atom. The number of benzene rings is 1. The summed E-state index contributed by atoms with van der Waals surface area (Å²) in [6.45, 7) is 2.68. The molecule has 8 nitrogen and oxygen atoms in total. The van der Waals surface area contributed by atoms with Gasteiger partial charge in [-0.2, -0.15) is 13.2 Å². The van der Waals surface area contributed by atoms with Crippen LogP contribution in [0.2, 0.25) is 0 Å². The number of hydrogen-bond acceptors (Lipinski definition) is 6. The molecule has 0 saturated carbocycles. The molecule has 1 aromatic heterocycles. The number of pyridine rings is 1. The van der Waals surface area contributed by atoms with Crippen LogP contribution in [-0.2, 0) is 9.53 Å². The number of halogens is 4. The number of alkyl halides is 3. The van der Waals surface area contributed by atoms with Gasteiger partial charge in [-0.25, -0.2) is 4.39 Å². The van der Waals surface area contributed by atoms with E-state index in [4.69, 9.17) is 20.9 Å². The van der Waals surface area contributed by atoms with Crippen LogP contribution in [0.4, 0.5) is 23.2 Å². The third-order valence-corrected chi connectivity index (χ3v) is 6.15. The third kappa shape index (κ3) is 5.38. The monoisotopic (exact) mass is 498 g/mol. The number of ether oxygens (including phenoxy) is 2. The van der Waals surface area contributed by atoms with Gasteiger partial charge >= 0.3 is 6.18 Å². The van der Waals surface area contributed by atoms with E-state index in [-0.39, 0.29) is 29.3 Å². The van der Waals surface area contributed by atoms with Crippen molar-refractivity contribution in [2.45, 2.75) is 44.1 Å². The number of nitrogens with zero attached hydrogens (tertiary/aromatic N) is 1. The molecule has 12 heteroatoms. The van der Waals surface area contributed by atoms with Gasteiger partial charge in [0.25, 0.3) is 11.8 Å².